The molecule has 2 aromatic heterocycles. The van der Waals surface area contributed by atoms with Gasteiger partial charge in [0.2, 0.25) is 5.78 Å². The van der Waals surface area contributed by atoms with Crippen LogP contribution in [0.15, 0.2) is 93.9 Å². The van der Waals surface area contributed by atoms with Crippen LogP contribution in [-0.4, -0.2) is 10.9 Å². The molecule has 0 radical (unpaired) electrons. The van der Waals surface area contributed by atoms with Gasteiger partial charge in [0.15, 0.2) is 11.5 Å². The first-order chi connectivity index (χ1) is 15.6. The highest BCUT2D eigenvalue weighted by Gasteiger charge is 2.13. The van der Waals surface area contributed by atoms with Crippen molar-refractivity contribution >= 4 is 46.0 Å². The molecule has 0 aliphatic heterocycles. The summed E-state index contributed by atoms with van der Waals surface area (Å²) in [6.45, 7) is 0. The molecule has 4 nitrogen and oxygen atoms in total. The van der Waals surface area contributed by atoms with Gasteiger partial charge in [0.1, 0.15) is 11.3 Å². The summed E-state index contributed by atoms with van der Waals surface area (Å²) in [5.41, 5.74) is 3.21. The fourth-order valence-electron chi connectivity index (χ4n) is 3.42. The summed E-state index contributed by atoms with van der Waals surface area (Å²) in [5, 5.41) is 5.99. The highest BCUT2D eigenvalue weighted by Crippen LogP contribution is 2.32. The lowest BCUT2D eigenvalue weighted by atomic mass is 10.1. The number of ketones is 1. The molecule has 0 fully saturated rings. The molecule has 0 spiro atoms. The molecule has 0 N–H and O–H groups in total. The van der Waals surface area contributed by atoms with E-state index >= 15 is 0 Å². The van der Waals surface area contributed by atoms with Crippen LogP contribution >= 0.6 is 23.2 Å². The maximum absolute atomic E-state index is 12.6. The standard InChI is InChI=1S/C26H15Cl2NO3/c27-18-8-9-19(21(28)15-18)24-12-13-25(31-24)23(30)11-7-16-6-10-22-20(14-16)26(32-29-22)17-4-2-1-3-5-17/h1-15H/b11-7+. The number of carbonyl (C=O) groups excluding carboxylic acids is 1. The molecule has 32 heavy (non-hydrogen) atoms. The number of benzene rings is 3. The second-order valence-electron chi connectivity index (χ2n) is 7.14. The molecule has 0 unspecified atom stereocenters. The first kappa shape index (κ1) is 20.3. The summed E-state index contributed by atoms with van der Waals surface area (Å²) in [4.78, 5) is 12.6. The van der Waals surface area contributed by atoms with Gasteiger partial charge in [-0.15, -0.1) is 0 Å². The van der Waals surface area contributed by atoms with Crippen LogP contribution in [0.5, 0.6) is 0 Å². The van der Waals surface area contributed by atoms with Crippen molar-refractivity contribution in [2.24, 2.45) is 0 Å². The van der Waals surface area contributed by atoms with Crippen molar-refractivity contribution in [3.05, 3.63) is 106 Å². The Morgan fingerprint density at radius 2 is 1.75 bits per heavy atom. The molecule has 0 amide bonds. The molecule has 6 heteroatoms. The summed E-state index contributed by atoms with van der Waals surface area (Å²) in [7, 11) is 0. The second-order valence-corrected chi connectivity index (χ2v) is 7.98. The number of halogens is 2. The van der Waals surface area contributed by atoms with Crippen molar-refractivity contribution in [2.45, 2.75) is 0 Å². The predicted molar refractivity (Wildman–Crippen MR) is 127 cm³/mol. The number of fused-ring (bicyclic) bond motifs is 1. The fraction of sp³-hybridized carbons (Fsp3) is 0. The molecular formula is C26H15Cl2NO3. The van der Waals surface area contributed by atoms with Crippen LogP contribution in [0.25, 0.3) is 39.6 Å². The molecule has 0 atom stereocenters. The van der Waals surface area contributed by atoms with E-state index in [0.717, 1.165) is 22.0 Å². The number of nitrogens with zero attached hydrogens (tertiary/aromatic N) is 1. The van der Waals surface area contributed by atoms with Crippen LogP contribution in [0.4, 0.5) is 0 Å². The maximum atomic E-state index is 12.6. The van der Waals surface area contributed by atoms with Crippen LogP contribution in [-0.2, 0) is 0 Å². The van der Waals surface area contributed by atoms with Gasteiger partial charge in [0, 0.05) is 16.1 Å². The Kier molecular flexibility index (Phi) is 5.39. The molecule has 5 rings (SSSR count). The molecule has 2 heterocycles. The lowest BCUT2D eigenvalue weighted by molar-refractivity contribution is 0.102. The summed E-state index contributed by atoms with van der Waals surface area (Å²) < 4.78 is 11.3. The summed E-state index contributed by atoms with van der Waals surface area (Å²) >= 11 is 12.2. The van der Waals surface area contributed by atoms with Crippen molar-refractivity contribution in [3.8, 4) is 22.6 Å². The van der Waals surface area contributed by atoms with Gasteiger partial charge in [-0.05, 0) is 54.1 Å². The zero-order chi connectivity index (χ0) is 22.1. The SMILES string of the molecule is O=C(/C=C/c1ccc2noc(-c3ccccc3)c2c1)c1ccc(-c2ccc(Cl)cc2Cl)o1. The Hall–Kier alpha value is -3.60. The third-order valence-electron chi connectivity index (χ3n) is 5.01. The quantitative estimate of drug-likeness (QED) is 0.197. The van der Waals surface area contributed by atoms with E-state index in [1.807, 2.05) is 48.5 Å². The summed E-state index contributed by atoms with van der Waals surface area (Å²) in [5.74, 6) is 1.16. The zero-order valence-electron chi connectivity index (χ0n) is 16.6. The normalized spacial score (nSPS) is 11.4. The number of furan rings is 1. The van der Waals surface area contributed by atoms with Crippen LogP contribution < -0.4 is 0 Å². The van der Waals surface area contributed by atoms with E-state index in [2.05, 4.69) is 5.16 Å². The van der Waals surface area contributed by atoms with Crippen molar-refractivity contribution < 1.29 is 13.7 Å². The smallest absolute Gasteiger partial charge is 0.221 e. The van der Waals surface area contributed by atoms with Crippen LogP contribution in [0.3, 0.4) is 0 Å². The van der Waals surface area contributed by atoms with Gasteiger partial charge in [-0.3, -0.25) is 4.79 Å². The molecule has 156 valence electrons. The van der Waals surface area contributed by atoms with Crippen LogP contribution in [0, 0.1) is 0 Å². The predicted octanol–water partition coefficient (Wildman–Crippen LogP) is 7.96. The Morgan fingerprint density at radius 3 is 2.56 bits per heavy atom. The minimum Gasteiger partial charge on any atom is -0.453 e. The van der Waals surface area contributed by atoms with Crippen molar-refractivity contribution in [3.63, 3.8) is 0 Å². The molecule has 3 aromatic carbocycles. The van der Waals surface area contributed by atoms with E-state index in [1.54, 1.807) is 36.4 Å². The maximum Gasteiger partial charge on any atom is 0.221 e. The Balaban J connectivity index is 1.40. The van der Waals surface area contributed by atoms with E-state index in [1.165, 1.54) is 6.08 Å². The van der Waals surface area contributed by atoms with Gasteiger partial charge in [-0.1, -0.05) is 70.8 Å². The first-order valence-corrected chi connectivity index (χ1v) is 10.6. The number of aromatic nitrogens is 1. The zero-order valence-corrected chi connectivity index (χ0v) is 18.1. The summed E-state index contributed by atoms with van der Waals surface area (Å²) in [6, 6.07) is 23.9. The van der Waals surface area contributed by atoms with E-state index < -0.39 is 0 Å². The van der Waals surface area contributed by atoms with E-state index in [0.29, 0.717) is 27.1 Å². The fourth-order valence-corrected chi connectivity index (χ4v) is 3.92. The number of rotatable bonds is 5. The molecule has 0 saturated carbocycles. The molecule has 0 bridgehead atoms. The van der Waals surface area contributed by atoms with Gasteiger partial charge in [0.05, 0.1) is 10.4 Å². The average Bonchev–Trinajstić information content (AvgIpc) is 3.45. The lowest BCUT2D eigenvalue weighted by Gasteiger charge is -2.01. The Bertz CT molecular complexity index is 1470. The number of carbonyl (C=O) groups is 1. The number of hydrogen-bond donors (Lipinski definition) is 0. The molecule has 5 aromatic rings. The monoisotopic (exact) mass is 459 g/mol. The number of allylic oxidation sites excluding steroid dienone is 1. The Labute approximate surface area is 193 Å². The van der Waals surface area contributed by atoms with Crippen molar-refractivity contribution in [2.75, 3.05) is 0 Å². The van der Waals surface area contributed by atoms with E-state index in [9.17, 15) is 4.79 Å². The van der Waals surface area contributed by atoms with Crippen LogP contribution in [0.2, 0.25) is 10.0 Å². The minimum absolute atomic E-state index is 0.221. The molecule has 0 saturated heterocycles. The number of hydrogen-bond acceptors (Lipinski definition) is 4. The van der Waals surface area contributed by atoms with Crippen molar-refractivity contribution in [1.82, 2.24) is 5.16 Å². The molecular weight excluding hydrogens is 445 g/mol. The van der Waals surface area contributed by atoms with Gasteiger partial charge in [-0.2, -0.15) is 0 Å². The highest BCUT2D eigenvalue weighted by molar-refractivity contribution is 6.36. The topological polar surface area (TPSA) is 56.2 Å². The van der Waals surface area contributed by atoms with Gasteiger partial charge in [-0.25, -0.2) is 0 Å². The van der Waals surface area contributed by atoms with E-state index in [-0.39, 0.29) is 11.5 Å². The largest absolute Gasteiger partial charge is 0.453 e. The van der Waals surface area contributed by atoms with Gasteiger partial charge in [0.25, 0.3) is 0 Å². The molecule has 0 aliphatic rings. The molecule has 0 aliphatic carbocycles. The second kappa shape index (κ2) is 8.50. The van der Waals surface area contributed by atoms with Crippen molar-refractivity contribution in [1.29, 1.82) is 0 Å². The lowest BCUT2D eigenvalue weighted by Crippen LogP contribution is -1.90. The van der Waals surface area contributed by atoms with Gasteiger partial charge >= 0.3 is 0 Å². The third-order valence-corrected chi connectivity index (χ3v) is 5.56. The Morgan fingerprint density at radius 1 is 0.906 bits per heavy atom. The minimum atomic E-state index is -0.255. The highest BCUT2D eigenvalue weighted by atomic mass is 35.5. The first-order valence-electron chi connectivity index (χ1n) is 9.81. The van der Waals surface area contributed by atoms with E-state index in [4.69, 9.17) is 32.1 Å². The van der Waals surface area contributed by atoms with Gasteiger partial charge < -0.3 is 8.94 Å². The summed E-state index contributed by atoms with van der Waals surface area (Å²) in [6.07, 6.45) is 3.21. The third kappa shape index (κ3) is 3.98. The van der Waals surface area contributed by atoms with Crippen LogP contribution in [0.1, 0.15) is 16.1 Å². The average molecular weight is 460 g/mol.